The van der Waals surface area contributed by atoms with E-state index in [1.807, 2.05) is 6.92 Å². The number of carbonyl (C=O) groups is 3. The van der Waals surface area contributed by atoms with Crippen molar-refractivity contribution in [2.45, 2.75) is 40.2 Å². The normalized spacial score (nSPS) is 12.2. The van der Waals surface area contributed by atoms with Crippen molar-refractivity contribution in [3.8, 4) is 5.75 Å². The number of hydrogen-bond donors (Lipinski definition) is 3. The average Bonchev–Trinajstić information content (AvgIpc) is 2.47. The van der Waals surface area contributed by atoms with Crippen molar-refractivity contribution in [3.05, 3.63) is 24.3 Å². The molecule has 0 saturated carbocycles. The van der Waals surface area contributed by atoms with Crippen molar-refractivity contribution in [1.82, 2.24) is 5.32 Å². The van der Waals surface area contributed by atoms with Gasteiger partial charge in [-0.3, -0.25) is 4.79 Å². The third kappa shape index (κ3) is 5.91. The van der Waals surface area contributed by atoms with Gasteiger partial charge in [0, 0.05) is 11.8 Å². The molecule has 7 nitrogen and oxygen atoms in total. The van der Waals surface area contributed by atoms with Gasteiger partial charge in [-0.25, -0.2) is 9.59 Å². The first-order valence-electron chi connectivity index (χ1n) is 7.70. The molecular formula is C17H24N2O5. The van der Waals surface area contributed by atoms with Crippen molar-refractivity contribution in [1.29, 1.82) is 0 Å². The van der Waals surface area contributed by atoms with Crippen LogP contribution < -0.4 is 15.4 Å². The molecule has 0 heterocycles. The van der Waals surface area contributed by atoms with Crippen molar-refractivity contribution >= 4 is 23.5 Å². The monoisotopic (exact) mass is 336 g/mol. The summed E-state index contributed by atoms with van der Waals surface area (Å²) in [7, 11) is 0. The lowest BCUT2D eigenvalue weighted by Gasteiger charge is -2.21. The van der Waals surface area contributed by atoms with Crippen LogP contribution >= 0.6 is 0 Å². The van der Waals surface area contributed by atoms with E-state index in [9.17, 15) is 19.5 Å². The number of amides is 2. The second-order valence-electron chi connectivity index (χ2n) is 6.30. The Morgan fingerprint density at radius 2 is 1.83 bits per heavy atom. The van der Waals surface area contributed by atoms with Crippen LogP contribution in [0.2, 0.25) is 0 Å². The fraction of sp³-hybridized carbons (Fsp3) is 0.471. The SMILES string of the molecule is CCOc1ccccc1NC(=O)NC(CC(=O)C(C)(C)C)C(=O)O. The number of carboxylic acids is 1. The Hall–Kier alpha value is -2.57. The molecule has 1 unspecified atom stereocenters. The van der Waals surface area contributed by atoms with Crippen LogP contribution in [0.15, 0.2) is 24.3 Å². The lowest BCUT2D eigenvalue weighted by atomic mass is 9.87. The van der Waals surface area contributed by atoms with Crippen LogP contribution in [0.1, 0.15) is 34.1 Å². The molecule has 0 aliphatic rings. The molecule has 1 aromatic rings. The van der Waals surface area contributed by atoms with E-state index in [1.54, 1.807) is 45.0 Å². The van der Waals surface area contributed by atoms with Gasteiger partial charge in [-0.1, -0.05) is 32.9 Å². The number of aliphatic carboxylic acids is 1. The average molecular weight is 336 g/mol. The Labute approximate surface area is 141 Å². The molecule has 1 rings (SSSR count). The number of nitrogens with one attached hydrogen (secondary N) is 2. The molecule has 0 saturated heterocycles. The predicted octanol–water partition coefficient (Wildman–Crippen LogP) is 2.67. The summed E-state index contributed by atoms with van der Waals surface area (Å²) in [5, 5.41) is 14.1. The zero-order valence-electron chi connectivity index (χ0n) is 14.4. The smallest absolute Gasteiger partial charge is 0.326 e. The molecular weight excluding hydrogens is 312 g/mol. The minimum Gasteiger partial charge on any atom is -0.492 e. The Balaban J connectivity index is 2.77. The third-order valence-electron chi connectivity index (χ3n) is 3.26. The van der Waals surface area contributed by atoms with E-state index in [0.29, 0.717) is 18.0 Å². The first kappa shape index (κ1) is 19.5. The number of ketones is 1. The number of carbonyl (C=O) groups excluding carboxylic acids is 2. The molecule has 0 spiro atoms. The van der Waals surface area contributed by atoms with Crippen molar-refractivity contribution in [2.75, 3.05) is 11.9 Å². The van der Waals surface area contributed by atoms with Crippen LogP contribution in [0.25, 0.3) is 0 Å². The molecule has 1 atom stereocenters. The first-order valence-corrected chi connectivity index (χ1v) is 7.70. The highest BCUT2D eigenvalue weighted by Gasteiger charge is 2.29. The van der Waals surface area contributed by atoms with Gasteiger partial charge < -0.3 is 20.5 Å². The Bertz CT molecular complexity index is 607. The number of ether oxygens (including phenoxy) is 1. The summed E-state index contributed by atoms with van der Waals surface area (Å²) in [5.41, 5.74) is -0.254. The molecule has 0 fully saturated rings. The standard InChI is InChI=1S/C17H24N2O5/c1-5-24-13-9-7-6-8-11(13)18-16(23)19-12(15(21)22)10-14(20)17(2,3)4/h6-9,12H,5,10H2,1-4H3,(H,21,22)(H2,18,19,23). The highest BCUT2D eigenvalue weighted by molar-refractivity contribution is 5.95. The minimum absolute atomic E-state index is 0.245. The maximum atomic E-state index is 12.1. The zero-order chi connectivity index (χ0) is 18.3. The fourth-order valence-corrected chi connectivity index (χ4v) is 1.86. The summed E-state index contributed by atoms with van der Waals surface area (Å²) in [5.74, 6) is -1.03. The lowest BCUT2D eigenvalue weighted by molar-refractivity contribution is -0.141. The summed E-state index contributed by atoms with van der Waals surface area (Å²) in [4.78, 5) is 35.4. The summed E-state index contributed by atoms with van der Waals surface area (Å²) in [6.07, 6.45) is -0.278. The molecule has 0 aromatic heterocycles. The van der Waals surface area contributed by atoms with Crippen LogP contribution in [-0.4, -0.2) is 35.5 Å². The van der Waals surface area contributed by atoms with E-state index < -0.39 is 23.5 Å². The number of Topliss-reactive ketones (excluding diaryl/α,β-unsaturated/α-hetero) is 1. The molecule has 0 aliphatic carbocycles. The molecule has 0 aliphatic heterocycles. The number of hydrogen-bond acceptors (Lipinski definition) is 4. The largest absolute Gasteiger partial charge is 0.492 e. The second-order valence-corrected chi connectivity index (χ2v) is 6.30. The molecule has 24 heavy (non-hydrogen) atoms. The highest BCUT2D eigenvalue weighted by atomic mass is 16.5. The van der Waals surface area contributed by atoms with E-state index in [1.165, 1.54) is 0 Å². The molecule has 0 bridgehead atoms. The van der Waals surface area contributed by atoms with E-state index in [0.717, 1.165) is 0 Å². The summed E-state index contributed by atoms with van der Waals surface area (Å²) in [6.45, 7) is 7.35. The van der Waals surface area contributed by atoms with Crippen molar-refractivity contribution in [2.24, 2.45) is 5.41 Å². The van der Waals surface area contributed by atoms with Gasteiger partial charge in [0.2, 0.25) is 0 Å². The van der Waals surface area contributed by atoms with Crippen LogP contribution in [0.5, 0.6) is 5.75 Å². The van der Waals surface area contributed by atoms with Gasteiger partial charge >= 0.3 is 12.0 Å². The Morgan fingerprint density at radius 1 is 1.21 bits per heavy atom. The van der Waals surface area contributed by atoms with Gasteiger partial charge in [0.15, 0.2) is 0 Å². The third-order valence-corrected chi connectivity index (χ3v) is 3.26. The highest BCUT2D eigenvalue weighted by Crippen LogP contribution is 2.23. The zero-order valence-corrected chi connectivity index (χ0v) is 14.4. The molecule has 7 heteroatoms. The fourth-order valence-electron chi connectivity index (χ4n) is 1.86. The molecule has 1 aromatic carbocycles. The van der Waals surface area contributed by atoms with Crippen LogP contribution in [0.3, 0.4) is 0 Å². The topological polar surface area (TPSA) is 105 Å². The van der Waals surface area contributed by atoms with E-state index in [4.69, 9.17) is 4.74 Å². The summed E-state index contributed by atoms with van der Waals surface area (Å²) < 4.78 is 5.39. The van der Waals surface area contributed by atoms with Crippen LogP contribution in [0.4, 0.5) is 10.5 Å². The van der Waals surface area contributed by atoms with Crippen molar-refractivity contribution in [3.63, 3.8) is 0 Å². The second kappa shape index (κ2) is 8.33. The maximum absolute atomic E-state index is 12.1. The molecule has 132 valence electrons. The number of urea groups is 1. The molecule has 2 amide bonds. The maximum Gasteiger partial charge on any atom is 0.326 e. The summed E-state index contributed by atoms with van der Waals surface area (Å²) >= 11 is 0. The Morgan fingerprint density at radius 3 is 2.38 bits per heavy atom. The number of para-hydroxylation sites is 2. The van der Waals surface area contributed by atoms with E-state index >= 15 is 0 Å². The van der Waals surface area contributed by atoms with Gasteiger partial charge in [-0.2, -0.15) is 0 Å². The lowest BCUT2D eigenvalue weighted by Crippen LogP contribution is -2.45. The predicted molar refractivity (Wildman–Crippen MR) is 90.3 cm³/mol. The molecule has 3 N–H and O–H groups in total. The minimum atomic E-state index is -1.30. The summed E-state index contributed by atoms with van der Waals surface area (Å²) in [6, 6.07) is 4.80. The van der Waals surface area contributed by atoms with E-state index in [2.05, 4.69) is 10.6 Å². The number of rotatable bonds is 7. The van der Waals surface area contributed by atoms with Crippen molar-refractivity contribution < 1.29 is 24.2 Å². The number of carboxylic acid groups (broad SMARTS) is 1. The van der Waals surface area contributed by atoms with Gasteiger partial charge in [-0.15, -0.1) is 0 Å². The van der Waals surface area contributed by atoms with Gasteiger partial charge in [0.1, 0.15) is 17.6 Å². The van der Waals surface area contributed by atoms with Crippen LogP contribution in [0, 0.1) is 5.41 Å². The number of anilines is 1. The molecule has 0 radical (unpaired) electrons. The number of benzene rings is 1. The van der Waals surface area contributed by atoms with Gasteiger partial charge in [-0.05, 0) is 19.1 Å². The van der Waals surface area contributed by atoms with Gasteiger partial charge in [0.25, 0.3) is 0 Å². The first-order chi connectivity index (χ1) is 11.1. The van der Waals surface area contributed by atoms with Crippen LogP contribution in [-0.2, 0) is 9.59 Å². The van der Waals surface area contributed by atoms with E-state index in [-0.39, 0.29) is 12.2 Å². The Kier molecular flexibility index (Phi) is 6.76. The van der Waals surface area contributed by atoms with Gasteiger partial charge in [0.05, 0.1) is 12.3 Å². The quantitative estimate of drug-likeness (QED) is 0.710.